The highest BCUT2D eigenvalue weighted by Crippen LogP contribution is 2.31. The van der Waals surface area contributed by atoms with Crippen LogP contribution in [0.3, 0.4) is 0 Å². The van der Waals surface area contributed by atoms with Crippen LogP contribution in [0.5, 0.6) is 0 Å². The van der Waals surface area contributed by atoms with Crippen LogP contribution >= 0.6 is 0 Å². The van der Waals surface area contributed by atoms with E-state index in [0.717, 1.165) is 38.5 Å². The molecule has 1 rings (SSSR count). The number of aliphatic carboxylic acids is 1. The summed E-state index contributed by atoms with van der Waals surface area (Å²) in [7, 11) is 0. The van der Waals surface area contributed by atoms with Crippen LogP contribution in [0.15, 0.2) is 0 Å². The molecular formula is C19H34O4. The lowest BCUT2D eigenvalue weighted by Crippen LogP contribution is -2.16. The second-order valence-corrected chi connectivity index (χ2v) is 6.90. The molecule has 0 unspecified atom stereocenters. The lowest BCUT2D eigenvalue weighted by atomic mass is 9.86. The van der Waals surface area contributed by atoms with E-state index in [9.17, 15) is 9.59 Å². The standard InChI is InChI=1S/C19H34O4/c1-2-3-4-5-6-9-12-16-15-23-19(22)17(16)13-10-7-8-11-14-18(20)21/h16-17H,2-15H2,1H3,(H,20,21)/t16-,17+/m0/s1. The zero-order chi connectivity index (χ0) is 16.9. The summed E-state index contributed by atoms with van der Waals surface area (Å²) in [4.78, 5) is 22.3. The fraction of sp³-hybridized carbons (Fsp3) is 0.895. The van der Waals surface area contributed by atoms with Gasteiger partial charge in [-0.2, -0.15) is 0 Å². The van der Waals surface area contributed by atoms with Gasteiger partial charge in [-0.25, -0.2) is 0 Å². The van der Waals surface area contributed by atoms with Crippen molar-refractivity contribution < 1.29 is 19.4 Å². The normalized spacial score (nSPS) is 20.7. The molecule has 0 bridgehead atoms. The number of rotatable bonds is 14. The smallest absolute Gasteiger partial charge is 0.309 e. The summed E-state index contributed by atoms with van der Waals surface area (Å²) < 4.78 is 5.27. The number of hydrogen-bond donors (Lipinski definition) is 1. The van der Waals surface area contributed by atoms with Gasteiger partial charge in [0.1, 0.15) is 0 Å². The quantitative estimate of drug-likeness (QED) is 0.362. The van der Waals surface area contributed by atoms with Crippen LogP contribution in [0.2, 0.25) is 0 Å². The molecule has 1 heterocycles. The maximum Gasteiger partial charge on any atom is 0.309 e. The van der Waals surface area contributed by atoms with Crippen molar-refractivity contribution in [3.63, 3.8) is 0 Å². The van der Waals surface area contributed by atoms with Crippen molar-refractivity contribution in [3.8, 4) is 0 Å². The van der Waals surface area contributed by atoms with Gasteiger partial charge in [0.2, 0.25) is 0 Å². The third kappa shape index (κ3) is 8.97. The highest BCUT2D eigenvalue weighted by atomic mass is 16.5. The summed E-state index contributed by atoms with van der Waals surface area (Å²) in [5, 5.41) is 8.60. The van der Waals surface area contributed by atoms with E-state index in [1.54, 1.807) is 0 Å². The minimum atomic E-state index is -0.719. The second kappa shape index (κ2) is 12.4. The third-order valence-corrected chi connectivity index (χ3v) is 4.90. The molecule has 0 spiro atoms. The van der Waals surface area contributed by atoms with Gasteiger partial charge in [-0.3, -0.25) is 9.59 Å². The largest absolute Gasteiger partial charge is 0.481 e. The van der Waals surface area contributed by atoms with Gasteiger partial charge in [0.05, 0.1) is 12.5 Å². The average Bonchev–Trinajstić information content (AvgIpc) is 2.86. The van der Waals surface area contributed by atoms with Crippen molar-refractivity contribution in [2.45, 2.75) is 90.4 Å². The Kier molecular flexibility index (Phi) is 10.8. The van der Waals surface area contributed by atoms with E-state index in [-0.39, 0.29) is 18.3 Å². The summed E-state index contributed by atoms with van der Waals surface area (Å²) in [6, 6.07) is 0. The Morgan fingerprint density at radius 1 is 1.00 bits per heavy atom. The number of carboxylic acids is 1. The zero-order valence-corrected chi connectivity index (χ0v) is 14.7. The number of hydrogen-bond acceptors (Lipinski definition) is 3. The van der Waals surface area contributed by atoms with E-state index in [4.69, 9.17) is 9.84 Å². The van der Waals surface area contributed by atoms with Crippen LogP contribution in [0, 0.1) is 11.8 Å². The van der Waals surface area contributed by atoms with Crippen molar-refractivity contribution in [1.29, 1.82) is 0 Å². The van der Waals surface area contributed by atoms with Gasteiger partial charge in [0.15, 0.2) is 0 Å². The van der Waals surface area contributed by atoms with Crippen LogP contribution in [0.4, 0.5) is 0 Å². The van der Waals surface area contributed by atoms with Crippen LogP contribution in [-0.2, 0) is 14.3 Å². The van der Waals surface area contributed by atoms with Gasteiger partial charge >= 0.3 is 11.9 Å². The predicted molar refractivity (Wildman–Crippen MR) is 91.3 cm³/mol. The Labute approximate surface area is 141 Å². The number of carboxylic acid groups (broad SMARTS) is 1. The molecule has 0 aliphatic carbocycles. The summed E-state index contributed by atoms with van der Waals surface area (Å²) in [5.41, 5.74) is 0. The molecule has 4 nitrogen and oxygen atoms in total. The molecule has 23 heavy (non-hydrogen) atoms. The monoisotopic (exact) mass is 326 g/mol. The number of unbranched alkanes of at least 4 members (excludes halogenated alkanes) is 8. The molecule has 1 fully saturated rings. The predicted octanol–water partition coefficient (Wildman–Crippen LogP) is 4.95. The molecule has 0 amide bonds. The van der Waals surface area contributed by atoms with E-state index in [0.29, 0.717) is 12.5 Å². The van der Waals surface area contributed by atoms with Crippen LogP contribution in [0.25, 0.3) is 0 Å². The first-order valence-corrected chi connectivity index (χ1v) is 9.53. The number of carbonyl (C=O) groups is 2. The van der Waals surface area contributed by atoms with E-state index in [1.165, 1.54) is 38.5 Å². The van der Waals surface area contributed by atoms with Gasteiger partial charge in [0.25, 0.3) is 0 Å². The first-order chi connectivity index (χ1) is 11.1. The van der Waals surface area contributed by atoms with Gasteiger partial charge < -0.3 is 9.84 Å². The van der Waals surface area contributed by atoms with E-state index in [1.807, 2.05) is 0 Å². The molecule has 0 aromatic carbocycles. The van der Waals surface area contributed by atoms with E-state index >= 15 is 0 Å². The molecular weight excluding hydrogens is 292 g/mol. The molecule has 1 aliphatic rings. The van der Waals surface area contributed by atoms with Crippen LogP contribution in [0.1, 0.15) is 90.4 Å². The lowest BCUT2D eigenvalue weighted by Gasteiger charge is -2.14. The maximum absolute atomic E-state index is 11.9. The topological polar surface area (TPSA) is 63.6 Å². The molecule has 4 heteroatoms. The number of esters is 1. The number of carbonyl (C=O) groups excluding carboxylic acids is 1. The summed E-state index contributed by atoms with van der Waals surface area (Å²) in [5.74, 6) is -0.229. The maximum atomic E-state index is 11.9. The Morgan fingerprint density at radius 3 is 2.30 bits per heavy atom. The average molecular weight is 326 g/mol. The van der Waals surface area contributed by atoms with Crippen LogP contribution in [-0.4, -0.2) is 23.7 Å². The number of cyclic esters (lactones) is 1. The van der Waals surface area contributed by atoms with Gasteiger partial charge in [0, 0.05) is 12.3 Å². The lowest BCUT2D eigenvalue weighted by molar-refractivity contribution is -0.141. The first kappa shape index (κ1) is 20.0. The molecule has 2 atom stereocenters. The van der Waals surface area contributed by atoms with E-state index < -0.39 is 5.97 Å². The fourth-order valence-electron chi connectivity index (χ4n) is 3.42. The number of ether oxygens (including phenoxy) is 1. The van der Waals surface area contributed by atoms with Crippen molar-refractivity contribution in [3.05, 3.63) is 0 Å². The Balaban J connectivity index is 2.11. The first-order valence-electron chi connectivity index (χ1n) is 9.53. The second-order valence-electron chi connectivity index (χ2n) is 6.90. The summed E-state index contributed by atoms with van der Waals surface area (Å²) in [6.45, 7) is 2.84. The summed E-state index contributed by atoms with van der Waals surface area (Å²) >= 11 is 0. The molecule has 1 aliphatic heterocycles. The molecule has 0 radical (unpaired) electrons. The molecule has 1 N–H and O–H groups in total. The molecule has 134 valence electrons. The van der Waals surface area contributed by atoms with Crippen molar-refractivity contribution in [2.24, 2.45) is 11.8 Å². The van der Waals surface area contributed by atoms with Gasteiger partial charge in [-0.1, -0.05) is 64.7 Å². The SMILES string of the molecule is CCCCCCCC[C@H]1COC(=O)[C@@H]1CCCCCCC(=O)O. The molecule has 0 saturated carbocycles. The van der Waals surface area contributed by atoms with E-state index in [2.05, 4.69) is 6.92 Å². The Bertz CT molecular complexity index is 340. The van der Waals surface area contributed by atoms with Crippen molar-refractivity contribution in [1.82, 2.24) is 0 Å². The minimum Gasteiger partial charge on any atom is -0.481 e. The fourth-order valence-corrected chi connectivity index (χ4v) is 3.42. The van der Waals surface area contributed by atoms with Crippen molar-refractivity contribution >= 4 is 11.9 Å². The highest BCUT2D eigenvalue weighted by molar-refractivity contribution is 5.74. The molecule has 1 saturated heterocycles. The Hall–Kier alpha value is -1.06. The highest BCUT2D eigenvalue weighted by Gasteiger charge is 2.35. The Morgan fingerprint density at radius 2 is 1.61 bits per heavy atom. The van der Waals surface area contributed by atoms with Gasteiger partial charge in [-0.15, -0.1) is 0 Å². The molecule has 0 aromatic heterocycles. The zero-order valence-electron chi connectivity index (χ0n) is 14.7. The van der Waals surface area contributed by atoms with Gasteiger partial charge in [-0.05, 0) is 19.3 Å². The minimum absolute atomic E-state index is 0.00785. The molecule has 0 aromatic rings. The third-order valence-electron chi connectivity index (χ3n) is 4.90. The summed E-state index contributed by atoms with van der Waals surface area (Å²) in [6.07, 6.45) is 13.7. The van der Waals surface area contributed by atoms with Crippen LogP contribution < -0.4 is 0 Å². The van der Waals surface area contributed by atoms with Crippen molar-refractivity contribution in [2.75, 3.05) is 6.61 Å².